The first-order valence-corrected chi connectivity index (χ1v) is 19.5. The Morgan fingerprint density at radius 1 is 0.609 bits per heavy atom. The molecule has 0 saturated carbocycles. The third kappa shape index (κ3) is 6.14. The summed E-state index contributed by atoms with van der Waals surface area (Å²) in [4.78, 5) is 0. The van der Waals surface area contributed by atoms with Gasteiger partial charge in [-0.3, -0.25) is 0 Å². The van der Waals surface area contributed by atoms with Crippen LogP contribution in [0.2, 0.25) is 48.4 Å². The molecule has 0 aliphatic rings. The van der Waals surface area contributed by atoms with Crippen LogP contribution in [0.5, 0.6) is 0 Å². The minimum Gasteiger partial charge on any atom is -0.345 e. The Morgan fingerprint density at radius 3 is 1.22 bits per heavy atom. The van der Waals surface area contributed by atoms with Gasteiger partial charge < -0.3 is 4.23 Å². The van der Waals surface area contributed by atoms with Gasteiger partial charge in [0.05, 0.1) is 0 Å². The fraction of sp³-hybridized carbons (Fsp3) is 1.00. The number of halogens is 2. The van der Waals surface area contributed by atoms with E-state index in [2.05, 4.69) is 52.7 Å². The molecule has 0 rings (SSSR count). The van der Waals surface area contributed by atoms with Crippen LogP contribution in [0, 0.1) is 0 Å². The number of rotatable bonds is 13. The van der Waals surface area contributed by atoms with Crippen LogP contribution in [0.3, 0.4) is 0 Å². The molecule has 0 spiro atoms. The van der Waals surface area contributed by atoms with E-state index in [0.717, 1.165) is 12.1 Å². The maximum atomic E-state index is 6.54. The Labute approximate surface area is 159 Å². The molecule has 1 nitrogen and oxygen atoms in total. The smallest absolute Gasteiger partial charge is 0.251 e. The van der Waals surface area contributed by atoms with Gasteiger partial charge >= 0.3 is 0 Å². The normalized spacial score (nSPS) is 13.8. The molecule has 0 N–H and O–H groups in total. The van der Waals surface area contributed by atoms with Crippen LogP contribution in [0.4, 0.5) is 0 Å². The van der Waals surface area contributed by atoms with Crippen molar-refractivity contribution in [2.24, 2.45) is 0 Å². The molecule has 0 aromatic carbocycles. The highest BCUT2D eigenvalue weighted by Gasteiger charge is 2.45. The summed E-state index contributed by atoms with van der Waals surface area (Å²) in [6.45, 7) is 16.1. The summed E-state index contributed by atoms with van der Waals surface area (Å²) >= 11 is 13.1. The van der Waals surface area contributed by atoms with Crippen LogP contribution in [0.1, 0.15) is 54.9 Å². The fourth-order valence-electron chi connectivity index (χ4n) is 4.30. The molecule has 0 unspecified atom stereocenters. The number of hydrogen-bond acceptors (Lipinski definition) is 1. The highest BCUT2D eigenvalue weighted by molar-refractivity contribution is 7.45. The Morgan fingerprint density at radius 2 is 0.957 bits per heavy atom. The first-order chi connectivity index (χ1) is 10.8. The molecular weight excluding hydrogens is 373 g/mol. The third-order valence-electron chi connectivity index (χ3n) is 6.54. The minimum absolute atomic E-state index is 0.978. The van der Waals surface area contributed by atoms with Gasteiger partial charge in [-0.1, -0.05) is 48.5 Å². The van der Waals surface area contributed by atoms with E-state index in [1.165, 1.54) is 49.2 Å². The summed E-state index contributed by atoms with van der Waals surface area (Å²) in [6.07, 6.45) is 1.20. The molecule has 0 aliphatic carbocycles. The van der Waals surface area contributed by atoms with Crippen LogP contribution >= 0.6 is 22.2 Å². The van der Waals surface area contributed by atoms with E-state index in [4.69, 9.17) is 22.2 Å². The van der Waals surface area contributed by atoms with Gasteiger partial charge in [0.2, 0.25) is 0 Å². The monoisotopic (exact) mass is 413 g/mol. The number of nitrogens with zero attached hydrogens (tertiary/aromatic N) is 1. The molecule has 23 heavy (non-hydrogen) atoms. The maximum Gasteiger partial charge on any atom is 0.251 e. The average molecular weight is 415 g/mol. The zero-order chi connectivity index (χ0) is 18.1. The van der Waals surface area contributed by atoms with Crippen LogP contribution < -0.4 is 0 Å². The molecule has 0 aromatic rings. The third-order valence-corrected chi connectivity index (χ3v) is 24.9. The van der Waals surface area contributed by atoms with Gasteiger partial charge in [-0.15, -0.1) is 22.2 Å². The second-order valence-corrected chi connectivity index (χ2v) is 25.5. The molecule has 0 aliphatic heterocycles. The van der Waals surface area contributed by atoms with E-state index in [-0.39, 0.29) is 0 Å². The zero-order valence-corrected chi connectivity index (χ0v) is 21.3. The lowest BCUT2D eigenvalue weighted by Crippen LogP contribution is -2.66. The van der Waals surface area contributed by atoms with E-state index in [9.17, 15) is 0 Å². The largest absolute Gasteiger partial charge is 0.345 e. The fourth-order valence-corrected chi connectivity index (χ4v) is 19.6. The van der Waals surface area contributed by atoms with Crippen LogP contribution in [0.15, 0.2) is 0 Å². The van der Waals surface area contributed by atoms with Gasteiger partial charge in [-0.05, 0) is 61.3 Å². The quantitative estimate of drug-likeness (QED) is 0.221. The second kappa shape index (κ2) is 11.0. The van der Waals surface area contributed by atoms with Gasteiger partial charge in [-0.25, -0.2) is 0 Å². The standard InChI is InChI=1S/C17H41Cl2NSi3/c1-8-21(9-2,10-3)20(22(11-4,12-5)13-6)16-15-17-23(18,19)14-7/h8-17H2,1-7H3. The van der Waals surface area contributed by atoms with Crippen molar-refractivity contribution in [2.75, 3.05) is 6.54 Å². The minimum atomic E-state index is -1.97. The lowest BCUT2D eigenvalue weighted by atomic mass is 10.5. The van der Waals surface area contributed by atoms with Crippen molar-refractivity contribution in [3.63, 3.8) is 0 Å². The van der Waals surface area contributed by atoms with Gasteiger partial charge in [0.15, 0.2) is 0 Å². The summed E-state index contributed by atoms with van der Waals surface area (Å²) in [5.41, 5.74) is 0. The van der Waals surface area contributed by atoms with Crippen molar-refractivity contribution in [2.45, 2.75) is 103 Å². The van der Waals surface area contributed by atoms with Crippen molar-refractivity contribution in [3.8, 4) is 0 Å². The predicted octanol–water partition coefficient (Wildman–Crippen LogP) is 7.63. The molecule has 6 heteroatoms. The summed E-state index contributed by atoms with van der Waals surface area (Å²) in [6, 6.07) is 10.4. The molecule has 140 valence electrons. The Hall–Kier alpha value is 1.19. The highest BCUT2D eigenvalue weighted by Crippen LogP contribution is 2.37. The molecule has 0 amide bonds. The van der Waals surface area contributed by atoms with Gasteiger partial charge in [-0.2, -0.15) is 0 Å². The summed E-state index contributed by atoms with van der Waals surface area (Å²) in [5.74, 6) is 0. The molecular formula is C17H41Cl2NSi3. The van der Waals surface area contributed by atoms with Crippen LogP contribution in [0.25, 0.3) is 0 Å². The molecule has 0 bridgehead atoms. The van der Waals surface area contributed by atoms with Crippen molar-refractivity contribution < 1.29 is 0 Å². The summed E-state index contributed by atoms with van der Waals surface area (Å²) in [7, 11) is -2.65. The molecule has 0 atom stereocenters. The van der Waals surface area contributed by atoms with Crippen LogP contribution in [-0.2, 0) is 0 Å². The SMILES string of the molecule is CC[Si](Cl)(Cl)CCCN([Si](CC)(CC)CC)[Si](CC)(CC)CC. The zero-order valence-electron chi connectivity index (χ0n) is 16.8. The molecule has 0 saturated heterocycles. The summed E-state index contributed by atoms with van der Waals surface area (Å²) < 4.78 is 3.15. The van der Waals surface area contributed by atoms with E-state index >= 15 is 0 Å². The molecule has 0 radical (unpaired) electrons. The van der Waals surface area contributed by atoms with Gasteiger partial charge in [0, 0.05) is 0 Å². The van der Waals surface area contributed by atoms with Crippen molar-refractivity contribution in [1.29, 1.82) is 0 Å². The predicted molar refractivity (Wildman–Crippen MR) is 118 cm³/mol. The van der Waals surface area contributed by atoms with Gasteiger partial charge in [0.25, 0.3) is 6.69 Å². The van der Waals surface area contributed by atoms with Crippen molar-refractivity contribution >= 4 is 45.3 Å². The van der Waals surface area contributed by atoms with E-state index in [1.54, 1.807) is 0 Å². The highest BCUT2D eigenvalue weighted by atomic mass is 35.7. The lowest BCUT2D eigenvalue weighted by molar-refractivity contribution is 0.565. The summed E-state index contributed by atoms with van der Waals surface area (Å²) in [5, 5.41) is 0. The molecule has 0 heterocycles. The molecule has 0 aromatic heterocycles. The lowest BCUT2D eigenvalue weighted by Gasteiger charge is -2.52. The maximum absolute atomic E-state index is 6.54. The Bertz CT molecular complexity index is 282. The van der Waals surface area contributed by atoms with Crippen LogP contribution in [-0.4, -0.2) is 33.9 Å². The van der Waals surface area contributed by atoms with E-state index in [1.807, 2.05) is 0 Å². The van der Waals surface area contributed by atoms with E-state index in [0.29, 0.717) is 0 Å². The van der Waals surface area contributed by atoms with E-state index < -0.39 is 23.2 Å². The molecule has 0 fully saturated rings. The van der Waals surface area contributed by atoms with Crippen molar-refractivity contribution in [3.05, 3.63) is 0 Å². The Balaban J connectivity index is 5.46. The van der Waals surface area contributed by atoms with Gasteiger partial charge in [0.1, 0.15) is 16.5 Å². The van der Waals surface area contributed by atoms with Crippen molar-refractivity contribution in [1.82, 2.24) is 4.23 Å². The number of hydrogen-bond donors (Lipinski definition) is 0. The average Bonchev–Trinajstić information content (AvgIpc) is 2.58. The Kier molecular flexibility index (Phi) is 11.6. The topological polar surface area (TPSA) is 3.24 Å². The second-order valence-electron chi connectivity index (χ2n) is 7.03. The first-order valence-electron chi connectivity index (χ1n) is 9.92. The first kappa shape index (κ1) is 24.2.